The summed E-state index contributed by atoms with van der Waals surface area (Å²) in [5.41, 5.74) is 6.70. The van der Waals surface area contributed by atoms with Crippen LogP contribution in [0.2, 0.25) is 0 Å². The lowest BCUT2D eigenvalue weighted by molar-refractivity contribution is -0.125. The predicted molar refractivity (Wildman–Crippen MR) is 57.8 cm³/mol. The topological polar surface area (TPSA) is 35.2 Å². The fourth-order valence-corrected chi connectivity index (χ4v) is 2.44. The zero-order valence-electron chi connectivity index (χ0n) is 9.39. The van der Waals surface area contributed by atoms with E-state index in [1.807, 2.05) is 6.92 Å². The zero-order valence-corrected chi connectivity index (χ0v) is 9.39. The maximum absolute atomic E-state index is 12.9. The van der Waals surface area contributed by atoms with Gasteiger partial charge >= 0.3 is 0 Å². The van der Waals surface area contributed by atoms with Crippen molar-refractivity contribution in [2.24, 2.45) is 5.73 Å². The molecule has 0 heterocycles. The highest BCUT2D eigenvalue weighted by atomic mass is 19.3. The average Bonchev–Trinajstić information content (AvgIpc) is 2.14. The smallest absolute Gasteiger partial charge is 0.252 e. The Morgan fingerprint density at radius 2 is 1.94 bits per heavy atom. The van der Waals surface area contributed by atoms with E-state index >= 15 is 0 Å². The summed E-state index contributed by atoms with van der Waals surface area (Å²) in [7, 11) is 1.56. The van der Waals surface area contributed by atoms with Crippen LogP contribution in [0.25, 0.3) is 0 Å². The summed E-state index contributed by atoms with van der Waals surface area (Å²) in [5.74, 6) is -1.93. The van der Waals surface area contributed by atoms with Crippen molar-refractivity contribution < 1.29 is 13.5 Å². The first-order valence-electron chi connectivity index (χ1n) is 5.19. The van der Waals surface area contributed by atoms with E-state index in [0.29, 0.717) is 5.75 Å². The Morgan fingerprint density at radius 3 is 2.44 bits per heavy atom. The van der Waals surface area contributed by atoms with Gasteiger partial charge in [-0.2, -0.15) is 0 Å². The van der Waals surface area contributed by atoms with Crippen LogP contribution in [0.3, 0.4) is 0 Å². The van der Waals surface area contributed by atoms with E-state index < -0.39 is 11.5 Å². The molecule has 0 amide bonds. The lowest BCUT2D eigenvalue weighted by atomic mass is 9.68. The molecule has 1 aliphatic carbocycles. The van der Waals surface area contributed by atoms with Gasteiger partial charge in [-0.05, 0) is 24.1 Å². The van der Waals surface area contributed by atoms with Crippen LogP contribution in [0.15, 0.2) is 18.2 Å². The van der Waals surface area contributed by atoms with Gasteiger partial charge in [0, 0.05) is 12.8 Å². The highest BCUT2D eigenvalue weighted by molar-refractivity contribution is 5.44. The molecule has 1 saturated carbocycles. The summed E-state index contributed by atoms with van der Waals surface area (Å²) in [6.45, 7) is 1.85. The van der Waals surface area contributed by atoms with E-state index in [2.05, 4.69) is 0 Å². The monoisotopic (exact) mass is 227 g/mol. The molecule has 1 aliphatic rings. The summed E-state index contributed by atoms with van der Waals surface area (Å²) < 4.78 is 31.0. The van der Waals surface area contributed by atoms with Gasteiger partial charge in [-0.3, -0.25) is 0 Å². The van der Waals surface area contributed by atoms with E-state index in [9.17, 15) is 8.78 Å². The molecule has 1 aromatic rings. The zero-order chi connectivity index (χ0) is 12.0. The minimum absolute atomic E-state index is 0.284. The van der Waals surface area contributed by atoms with Gasteiger partial charge in [-0.25, -0.2) is 8.78 Å². The van der Waals surface area contributed by atoms with Crippen molar-refractivity contribution in [3.63, 3.8) is 0 Å². The maximum atomic E-state index is 12.9. The molecule has 1 fully saturated rings. The minimum Gasteiger partial charge on any atom is -0.496 e. The van der Waals surface area contributed by atoms with Crippen molar-refractivity contribution in [3.8, 4) is 5.75 Å². The molecular formula is C12H15F2NO. The van der Waals surface area contributed by atoms with Gasteiger partial charge in [0.05, 0.1) is 12.6 Å². The van der Waals surface area contributed by atoms with Crippen LogP contribution in [0.1, 0.15) is 24.0 Å². The van der Waals surface area contributed by atoms with Crippen molar-refractivity contribution in [1.29, 1.82) is 0 Å². The molecule has 2 nitrogen and oxygen atoms in total. The second kappa shape index (κ2) is 3.42. The molecule has 16 heavy (non-hydrogen) atoms. The Kier molecular flexibility index (Phi) is 2.42. The fraction of sp³-hybridized carbons (Fsp3) is 0.500. The molecule has 0 spiro atoms. The number of benzene rings is 1. The number of alkyl halides is 2. The van der Waals surface area contributed by atoms with Crippen molar-refractivity contribution in [3.05, 3.63) is 29.3 Å². The molecule has 0 atom stereocenters. The molecular weight excluding hydrogens is 212 g/mol. The minimum atomic E-state index is -2.62. The van der Waals surface area contributed by atoms with Crippen LogP contribution in [-0.4, -0.2) is 13.0 Å². The van der Waals surface area contributed by atoms with E-state index in [4.69, 9.17) is 10.5 Å². The molecule has 0 aromatic heterocycles. The van der Waals surface area contributed by atoms with Crippen LogP contribution in [0, 0.1) is 6.92 Å². The Bertz CT molecular complexity index is 409. The summed E-state index contributed by atoms with van der Waals surface area (Å²) in [6.07, 6.45) is -0.567. The quantitative estimate of drug-likeness (QED) is 0.842. The third-order valence-corrected chi connectivity index (χ3v) is 3.19. The van der Waals surface area contributed by atoms with Crippen molar-refractivity contribution in [1.82, 2.24) is 0 Å². The molecule has 1 aromatic carbocycles. The number of nitrogens with two attached hydrogens (primary N) is 1. The third kappa shape index (κ3) is 1.67. The highest BCUT2D eigenvalue weighted by Crippen LogP contribution is 2.51. The number of rotatable bonds is 2. The number of methoxy groups -OCH3 is 1. The lowest BCUT2D eigenvalue weighted by Crippen LogP contribution is -2.55. The second-order valence-electron chi connectivity index (χ2n) is 4.50. The Balaban J connectivity index is 2.35. The van der Waals surface area contributed by atoms with Crippen LogP contribution < -0.4 is 10.5 Å². The molecule has 4 heteroatoms. The Labute approximate surface area is 93.4 Å². The summed E-state index contributed by atoms with van der Waals surface area (Å²) in [6, 6.07) is 5.39. The van der Waals surface area contributed by atoms with E-state index in [-0.39, 0.29) is 12.8 Å². The SMILES string of the molecule is COc1cccc(C2(N)CC(F)(F)C2)c1C. The van der Waals surface area contributed by atoms with Crippen LogP contribution in [-0.2, 0) is 5.54 Å². The first-order valence-corrected chi connectivity index (χ1v) is 5.19. The van der Waals surface area contributed by atoms with Crippen LogP contribution in [0.5, 0.6) is 5.75 Å². The third-order valence-electron chi connectivity index (χ3n) is 3.19. The number of hydrogen-bond acceptors (Lipinski definition) is 2. The fourth-order valence-electron chi connectivity index (χ4n) is 2.44. The predicted octanol–water partition coefficient (Wildman–Crippen LogP) is 2.59. The Hall–Kier alpha value is -1.16. The molecule has 2 N–H and O–H groups in total. The van der Waals surface area contributed by atoms with Gasteiger partial charge in [0.15, 0.2) is 0 Å². The van der Waals surface area contributed by atoms with Gasteiger partial charge in [0.1, 0.15) is 5.75 Å². The first-order chi connectivity index (χ1) is 7.38. The summed E-state index contributed by atoms with van der Waals surface area (Å²) in [5, 5.41) is 0. The second-order valence-corrected chi connectivity index (χ2v) is 4.50. The van der Waals surface area contributed by atoms with Crippen LogP contribution in [0.4, 0.5) is 8.78 Å². The van der Waals surface area contributed by atoms with E-state index in [1.165, 1.54) is 0 Å². The molecule has 0 radical (unpaired) electrons. The molecule has 2 rings (SSSR count). The summed E-state index contributed by atoms with van der Waals surface area (Å²) >= 11 is 0. The standard InChI is InChI=1S/C12H15F2NO/c1-8-9(4-3-5-10(8)16-2)11(15)6-12(13,14)7-11/h3-5H,6-7,15H2,1-2H3. The number of hydrogen-bond donors (Lipinski definition) is 1. The van der Waals surface area contributed by atoms with E-state index in [1.54, 1.807) is 25.3 Å². The normalized spacial score (nSPS) is 21.3. The van der Waals surface area contributed by atoms with Crippen molar-refractivity contribution >= 4 is 0 Å². The van der Waals surface area contributed by atoms with Crippen molar-refractivity contribution in [2.75, 3.05) is 7.11 Å². The molecule has 88 valence electrons. The average molecular weight is 227 g/mol. The number of ether oxygens (including phenoxy) is 1. The maximum Gasteiger partial charge on any atom is 0.252 e. The van der Waals surface area contributed by atoms with E-state index in [0.717, 1.165) is 11.1 Å². The van der Waals surface area contributed by atoms with Gasteiger partial charge in [0.25, 0.3) is 5.92 Å². The molecule has 0 unspecified atom stereocenters. The van der Waals surface area contributed by atoms with Gasteiger partial charge in [-0.1, -0.05) is 12.1 Å². The number of halogens is 2. The highest BCUT2D eigenvalue weighted by Gasteiger charge is 2.55. The van der Waals surface area contributed by atoms with Crippen LogP contribution >= 0.6 is 0 Å². The van der Waals surface area contributed by atoms with Gasteiger partial charge < -0.3 is 10.5 Å². The molecule has 0 aliphatic heterocycles. The Morgan fingerprint density at radius 1 is 1.31 bits per heavy atom. The lowest BCUT2D eigenvalue weighted by Gasteiger charge is -2.45. The van der Waals surface area contributed by atoms with Gasteiger partial charge in [0.2, 0.25) is 0 Å². The molecule has 0 saturated heterocycles. The molecule has 0 bridgehead atoms. The van der Waals surface area contributed by atoms with Gasteiger partial charge in [-0.15, -0.1) is 0 Å². The first kappa shape index (κ1) is 11.3. The van der Waals surface area contributed by atoms with Crippen molar-refractivity contribution in [2.45, 2.75) is 31.2 Å². The summed E-state index contributed by atoms with van der Waals surface area (Å²) in [4.78, 5) is 0. The largest absolute Gasteiger partial charge is 0.496 e.